The molecule has 0 bridgehead atoms. The fourth-order valence-electron chi connectivity index (χ4n) is 1.10. The van der Waals surface area contributed by atoms with Gasteiger partial charge >= 0.3 is 0 Å². The molecule has 0 saturated carbocycles. The van der Waals surface area contributed by atoms with Gasteiger partial charge in [-0.05, 0) is 23.4 Å². The summed E-state index contributed by atoms with van der Waals surface area (Å²) in [5, 5.41) is 8.91. The Balaban J connectivity index is 2.34. The summed E-state index contributed by atoms with van der Waals surface area (Å²) in [4.78, 5) is 0. The summed E-state index contributed by atoms with van der Waals surface area (Å²) in [7, 11) is 0. The fourth-order valence-corrected chi connectivity index (χ4v) is 1.59. The Labute approximate surface area is 89.3 Å². The molecule has 78 valence electrons. The van der Waals surface area contributed by atoms with Gasteiger partial charge in [0, 0.05) is 5.75 Å². The van der Waals surface area contributed by atoms with Crippen LogP contribution >= 0.6 is 11.8 Å². The maximum Gasteiger partial charge on any atom is 0.119 e. The first-order valence-corrected chi connectivity index (χ1v) is 5.92. The highest BCUT2D eigenvalue weighted by Gasteiger charge is 1.95. The summed E-state index contributed by atoms with van der Waals surface area (Å²) in [6.45, 7) is 2.94. The fraction of sp³-hybridized carbons (Fsp3) is 0.455. The van der Waals surface area contributed by atoms with Gasteiger partial charge in [0.15, 0.2) is 0 Å². The predicted molar refractivity (Wildman–Crippen MR) is 60.9 cm³/mol. The van der Waals surface area contributed by atoms with Gasteiger partial charge < -0.3 is 9.84 Å². The van der Waals surface area contributed by atoms with Crippen molar-refractivity contribution in [2.24, 2.45) is 0 Å². The summed E-state index contributed by atoms with van der Waals surface area (Å²) >= 11 is 1.86. The predicted octanol–water partition coefficient (Wildman–Crippen LogP) is 2.31. The van der Waals surface area contributed by atoms with Crippen LogP contribution < -0.4 is 4.74 Å². The molecule has 0 fully saturated rings. The zero-order chi connectivity index (χ0) is 10.2. The Kier molecular flexibility index (Phi) is 5.49. The Bertz CT molecular complexity index is 263. The zero-order valence-electron chi connectivity index (χ0n) is 8.40. The van der Waals surface area contributed by atoms with E-state index in [4.69, 9.17) is 9.84 Å². The van der Waals surface area contributed by atoms with Crippen LogP contribution in [0.5, 0.6) is 5.75 Å². The highest BCUT2D eigenvalue weighted by Crippen LogP contribution is 2.13. The first kappa shape index (κ1) is 11.4. The Morgan fingerprint density at radius 1 is 1.43 bits per heavy atom. The molecule has 0 aliphatic rings. The molecule has 3 heteroatoms. The third-order valence-corrected chi connectivity index (χ3v) is 2.65. The molecule has 0 spiro atoms. The average Bonchev–Trinajstić information content (AvgIpc) is 2.25. The molecule has 1 N–H and O–H groups in total. The highest BCUT2D eigenvalue weighted by atomic mass is 32.2. The molecule has 1 rings (SSSR count). The van der Waals surface area contributed by atoms with E-state index >= 15 is 0 Å². The number of ether oxygens (including phenoxy) is 1. The molecule has 1 aromatic rings. The van der Waals surface area contributed by atoms with E-state index in [1.54, 1.807) is 0 Å². The minimum Gasteiger partial charge on any atom is -0.493 e. The monoisotopic (exact) mass is 212 g/mol. The molecule has 1 aromatic carbocycles. The van der Waals surface area contributed by atoms with Gasteiger partial charge in [-0.15, -0.1) is 0 Å². The second-order valence-electron chi connectivity index (χ2n) is 2.85. The summed E-state index contributed by atoms with van der Waals surface area (Å²) in [5.74, 6) is 2.98. The number of hydrogen-bond acceptors (Lipinski definition) is 3. The lowest BCUT2D eigenvalue weighted by Crippen LogP contribution is -2.00. The molecule has 2 nitrogen and oxygen atoms in total. The van der Waals surface area contributed by atoms with Crippen molar-refractivity contribution in [2.75, 3.05) is 18.1 Å². The van der Waals surface area contributed by atoms with Crippen LogP contribution in [0.2, 0.25) is 0 Å². The lowest BCUT2D eigenvalue weighted by molar-refractivity contribution is 0.280. The van der Waals surface area contributed by atoms with Crippen LogP contribution in [0.3, 0.4) is 0 Å². The van der Waals surface area contributed by atoms with E-state index in [1.165, 1.54) is 0 Å². The topological polar surface area (TPSA) is 29.5 Å². The van der Waals surface area contributed by atoms with Crippen molar-refractivity contribution in [1.29, 1.82) is 0 Å². The summed E-state index contributed by atoms with van der Waals surface area (Å²) in [5.41, 5.74) is 0.894. The normalized spacial score (nSPS) is 10.1. The number of aliphatic hydroxyl groups is 1. The van der Waals surface area contributed by atoms with E-state index < -0.39 is 0 Å². The van der Waals surface area contributed by atoms with E-state index in [9.17, 15) is 0 Å². The van der Waals surface area contributed by atoms with E-state index in [2.05, 4.69) is 6.92 Å². The molecule has 0 saturated heterocycles. The van der Waals surface area contributed by atoms with Crippen LogP contribution in [0.15, 0.2) is 24.3 Å². The lowest BCUT2D eigenvalue weighted by Gasteiger charge is -2.06. The van der Waals surface area contributed by atoms with Gasteiger partial charge in [-0.1, -0.05) is 19.1 Å². The average molecular weight is 212 g/mol. The summed E-state index contributed by atoms with van der Waals surface area (Å²) in [6, 6.07) is 7.56. The Hall–Kier alpha value is -0.670. The maximum absolute atomic E-state index is 8.91. The quantitative estimate of drug-likeness (QED) is 0.734. The maximum atomic E-state index is 8.91. The van der Waals surface area contributed by atoms with Crippen LogP contribution in [0, 0.1) is 0 Å². The molecule has 0 unspecified atom stereocenters. The van der Waals surface area contributed by atoms with Gasteiger partial charge in [0.25, 0.3) is 0 Å². The molecule has 0 aliphatic carbocycles. The standard InChI is InChI=1S/C11H16O2S/c1-2-14-7-6-13-11-5-3-4-10(8-11)9-12/h3-5,8,12H,2,6-7,9H2,1H3. The molecule has 0 heterocycles. The lowest BCUT2D eigenvalue weighted by atomic mass is 10.2. The molecule has 0 radical (unpaired) electrons. The van der Waals surface area contributed by atoms with Crippen LogP contribution in [0.1, 0.15) is 12.5 Å². The van der Waals surface area contributed by atoms with Gasteiger partial charge in [0.2, 0.25) is 0 Å². The summed E-state index contributed by atoms with van der Waals surface area (Å²) < 4.78 is 5.52. The van der Waals surface area contributed by atoms with Crippen molar-refractivity contribution < 1.29 is 9.84 Å². The van der Waals surface area contributed by atoms with Crippen molar-refractivity contribution >= 4 is 11.8 Å². The van der Waals surface area contributed by atoms with E-state index in [1.807, 2.05) is 36.0 Å². The molecule has 14 heavy (non-hydrogen) atoms. The molecule has 0 aliphatic heterocycles. The van der Waals surface area contributed by atoms with E-state index in [0.717, 1.165) is 29.4 Å². The van der Waals surface area contributed by atoms with Crippen molar-refractivity contribution in [1.82, 2.24) is 0 Å². The number of hydrogen-bond donors (Lipinski definition) is 1. The number of rotatable bonds is 6. The van der Waals surface area contributed by atoms with E-state index in [0.29, 0.717) is 0 Å². The zero-order valence-corrected chi connectivity index (χ0v) is 9.22. The number of aliphatic hydroxyl groups excluding tert-OH is 1. The molecular formula is C11H16O2S. The Morgan fingerprint density at radius 2 is 2.29 bits per heavy atom. The first-order valence-electron chi connectivity index (χ1n) is 4.77. The highest BCUT2D eigenvalue weighted by molar-refractivity contribution is 7.99. The van der Waals surface area contributed by atoms with Crippen molar-refractivity contribution in [3.63, 3.8) is 0 Å². The van der Waals surface area contributed by atoms with Crippen LogP contribution in [-0.2, 0) is 6.61 Å². The van der Waals surface area contributed by atoms with E-state index in [-0.39, 0.29) is 6.61 Å². The molecule has 0 aromatic heterocycles. The third-order valence-electron chi connectivity index (χ3n) is 1.78. The van der Waals surface area contributed by atoms with Gasteiger partial charge in [0.05, 0.1) is 13.2 Å². The SMILES string of the molecule is CCSCCOc1cccc(CO)c1. The van der Waals surface area contributed by atoms with Crippen molar-refractivity contribution in [2.45, 2.75) is 13.5 Å². The van der Waals surface area contributed by atoms with Crippen LogP contribution in [0.4, 0.5) is 0 Å². The third kappa shape index (κ3) is 4.03. The van der Waals surface area contributed by atoms with Gasteiger partial charge in [0.1, 0.15) is 5.75 Å². The number of thioether (sulfide) groups is 1. The van der Waals surface area contributed by atoms with Crippen LogP contribution in [0.25, 0.3) is 0 Å². The molecule has 0 atom stereocenters. The first-order chi connectivity index (χ1) is 6.86. The molecule has 0 amide bonds. The Morgan fingerprint density at radius 3 is 3.00 bits per heavy atom. The van der Waals surface area contributed by atoms with Gasteiger partial charge in [-0.2, -0.15) is 11.8 Å². The van der Waals surface area contributed by atoms with Gasteiger partial charge in [-0.25, -0.2) is 0 Å². The smallest absolute Gasteiger partial charge is 0.119 e. The minimum absolute atomic E-state index is 0.0703. The van der Waals surface area contributed by atoms with Crippen molar-refractivity contribution in [3.05, 3.63) is 29.8 Å². The molecular weight excluding hydrogens is 196 g/mol. The van der Waals surface area contributed by atoms with Crippen molar-refractivity contribution in [3.8, 4) is 5.75 Å². The van der Waals surface area contributed by atoms with Crippen LogP contribution in [-0.4, -0.2) is 23.2 Å². The number of benzene rings is 1. The van der Waals surface area contributed by atoms with Gasteiger partial charge in [-0.3, -0.25) is 0 Å². The second kappa shape index (κ2) is 6.74. The largest absolute Gasteiger partial charge is 0.493 e. The second-order valence-corrected chi connectivity index (χ2v) is 4.24. The minimum atomic E-state index is 0.0703. The summed E-state index contributed by atoms with van der Waals surface area (Å²) in [6.07, 6.45) is 0.